The third-order valence-electron chi connectivity index (χ3n) is 5.81. The zero-order valence-electron chi connectivity index (χ0n) is 15.8. The van der Waals surface area contributed by atoms with E-state index >= 15 is 0 Å². The molecule has 0 radical (unpaired) electrons. The quantitative estimate of drug-likeness (QED) is 0.665. The molecule has 1 aromatic carbocycles. The number of sulfone groups is 1. The molecule has 0 bridgehead atoms. The number of amides is 2. The van der Waals surface area contributed by atoms with Crippen molar-refractivity contribution in [3.63, 3.8) is 0 Å². The minimum atomic E-state index is -3.68. The molecule has 1 saturated heterocycles. The van der Waals surface area contributed by atoms with Gasteiger partial charge in [0.05, 0.1) is 16.3 Å². The third-order valence-corrected chi connectivity index (χ3v) is 8.00. The van der Waals surface area contributed by atoms with Crippen molar-refractivity contribution in [1.29, 1.82) is 0 Å². The summed E-state index contributed by atoms with van der Waals surface area (Å²) < 4.78 is 27.0. The van der Waals surface area contributed by atoms with Crippen LogP contribution in [0.5, 0.6) is 0 Å². The van der Waals surface area contributed by atoms with E-state index in [4.69, 9.17) is 0 Å². The predicted octanol–water partition coefficient (Wildman–Crippen LogP) is 2.92. The fourth-order valence-corrected chi connectivity index (χ4v) is 6.27. The van der Waals surface area contributed by atoms with E-state index in [-0.39, 0.29) is 34.8 Å². The van der Waals surface area contributed by atoms with Crippen LogP contribution in [0.25, 0.3) is 0 Å². The largest absolute Gasteiger partial charge is 0.343 e. The molecule has 0 spiro atoms. The average molecular weight is 469 g/mol. The van der Waals surface area contributed by atoms with Gasteiger partial charge in [0, 0.05) is 36.4 Å². The molecular formula is C20H25BrN2O4S. The van der Waals surface area contributed by atoms with Crippen LogP contribution in [-0.2, 0) is 25.8 Å². The second-order valence-corrected chi connectivity index (χ2v) is 10.9. The van der Waals surface area contributed by atoms with Crippen molar-refractivity contribution < 1.29 is 18.0 Å². The molecule has 0 atom stereocenters. The average Bonchev–Trinajstić information content (AvgIpc) is 3.45. The van der Waals surface area contributed by atoms with E-state index in [0.29, 0.717) is 23.1 Å². The van der Waals surface area contributed by atoms with Crippen molar-refractivity contribution in [2.75, 3.05) is 30.3 Å². The number of hydrogen-bond donors (Lipinski definition) is 0. The molecule has 2 amide bonds. The van der Waals surface area contributed by atoms with Gasteiger partial charge in [-0.3, -0.25) is 9.59 Å². The highest BCUT2D eigenvalue weighted by Crippen LogP contribution is 2.41. The van der Waals surface area contributed by atoms with Crippen molar-refractivity contribution in [2.24, 2.45) is 5.92 Å². The second-order valence-electron chi connectivity index (χ2n) is 7.94. The highest BCUT2D eigenvalue weighted by atomic mass is 79.9. The van der Waals surface area contributed by atoms with Crippen LogP contribution in [0.4, 0.5) is 5.69 Å². The molecule has 152 valence electrons. The Hall–Kier alpha value is -1.41. The summed E-state index contributed by atoms with van der Waals surface area (Å²) in [6.45, 7) is 1.96. The number of piperidine rings is 1. The normalized spacial score (nSPS) is 19.6. The molecule has 28 heavy (non-hydrogen) atoms. The fraction of sp³-hybridized carbons (Fsp3) is 0.600. The molecule has 4 rings (SSSR count). The maximum Gasteiger partial charge on any atom is 0.230 e. The van der Waals surface area contributed by atoms with Gasteiger partial charge in [0.2, 0.25) is 11.8 Å². The molecule has 2 aliphatic heterocycles. The van der Waals surface area contributed by atoms with Gasteiger partial charge >= 0.3 is 0 Å². The van der Waals surface area contributed by atoms with Gasteiger partial charge in [0.25, 0.3) is 0 Å². The number of benzene rings is 1. The lowest BCUT2D eigenvalue weighted by Gasteiger charge is -2.26. The highest BCUT2D eigenvalue weighted by molar-refractivity contribution is 9.10. The van der Waals surface area contributed by atoms with Gasteiger partial charge in [-0.25, -0.2) is 8.42 Å². The number of carbonyl (C=O) groups excluding carboxylic acids is 2. The number of hydrogen-bond acceptors (Lipinski definition) is 4. The zero-order valence-corrected chi connectivity index (χ0v) is 18.2. The van der Waals surface area contributed by atoms with Crippen molar-refractivity contribution >= 4 is 43.3 Å². The van der Waals surface area contributed by atoms with Gasteiger partial charge in [-0.05, 0) is 56.2 Å². The molecule has 0 aromatic heterocycles. The Morgan fingerprint density at radius 3 is 2.46 bits per heavy atom. The first-order chi connectivity index (χ1) is 13.4. The summed E-state index contributed by atoms with van der Waals surface area (Å²) >= 11 is 3.41. The van der Waals surface area contributed by atoms with Crippen molar-refractivity contribution in [3.05, 3.63) is 22.2 Å². The molecule has 3 aliphatic rings. The Morgan fingerprint density at radius 1 is 1.07 bits per heavy atom. The lowest BCUT2D eigenvalue weighted by atomic mass is 10.1. The van der Waals surface area contributed by atoms with E-state index < -0.39 is 9.84 Å². The molecule has 8 heteroatoms. The number of nitrogens with zero attached hydrogens (tertiary/aromatic N) is 2. The predicted molar refractivity (Wildman–Crippen MR) is 110 cm³/mol. The summed E-state index contributed by atoms with van der Waals surface area (Å²) in [6.07, 6.45) is 5.49. The maximum atomic E-state index is 13.2. The summed E-state index contributed by atoms with van der Waals surface area (Å²) in [6, 6.07) is 3.48. The lowest BCUT2D eigenvalue weighted by Crippen LogP contribution is -2.36. The second kappa shape index (κ2) is 7.78. The Bertz CT molecular complexity index is 905. The van der Waals surface area contributed by atoms with E-state index in [1.807, 2.05) is 6.07 Å². The van der Waals surface area contributed by atoms with Crippen molar-refractivity contribution in [1.82, 2.24) is 4.90 Å². The zero-order chi connectivity index (χ0) is 19.9. The molecule has 2 fully saturated rings. The Balaban J connectivity index is 1.57. The van der Waals surface area contributed by atoms with E-state index in [2.05, 4.69) is 15.9 Å². The molecule has 6 nitrogen and oxygen atoms in total. The van der Waals surface area contributed by atoms with Gasteiger partial charge in [-0.2, -0.15) is 0 Å². The van der Waals surface area contributed by atoms with E-state index in [9.17, 15) is 18.0 Å². The summed E-state index contributed by atoms with van der Waals surface area (Å²) in [5, 5.41) is 0. The van der Waals surface area contributed by atoms with Crippen LogP contribution in [0.3, 0.4) is 0 Å². The summed E-state index contributed by atoms with van der Waals surface area (Å²) in [7, 11) is -3.68. The minimum Gasteiger partial charge on any atom is -0.343 e. The van der Waals surface area contributed by atoms with Crippen LogP contribution >= 0.6 is 15.9 Å². The van der Waals surface area contributed by atoms with Crippen LogP contribution in [-0.4, -0.2) is 50.5 Å². The van der Waals surface area contributed by atoms with Crippen LogP contribution in [0.1, 0.15) is 44.1 Å². The number of halogens is 1. The maximum absolute atomic E-state index is 13.2. The number of carbonyl (C=O) groups is 2. The molecular weight excluding hydrogens is 444 g/mol. The molecule has 1 saturated carbocycles. The Kier molecular flexibility index (Phi) is 5.53. The van der Waals surface area contributed by atoms with Gasteiger partial charge in [0.1, 0.15) is 0 Å². The smallest absolute Gasteiger partial charge is 0.230 e. The molecule has 0 unspecified atom stereocenters. The minimum absolute atomic E-state index is 0.0137. The molecule has 1 aromatic rings. The standard InChI is InChI=1S/C20H25BrN2O4S/c21-16-12-15-6-10-23(20(25)14-4-5-14)19(15)17(13-16)28(26,27)11-7-18(24)22-8-2-1-3-9-22/h12-14H,1-11H2. The first kappa shape index (κ1) is 19.9. The van der Waals surface area contributed by atoms with E-state index in [0.717, 1.165) is 50.8 Å². The van der Waals surface area contributed by atoms with Gasteiger partial charge in [-0.15, -0.1) is 0 Å². The van der Waals surface area contributed by atoms with Crippen LogP contribution in [0.2, 0.25) is 0 Å². The van der Waals surface area contributed by atoms with Gasteiger partial charge in [0.15, 0.2) is 9.84 Å². The third kappa shape index (κ3) is 3.99. The van der Waals surface area contributed by atoms with Crippen molar-refractivity contribution in [3.8, 4) is 0 Å². The van der Waals surface area contributed by atoms with Gasteiger partial charge < -0.3 is 9.80 Å². The van der Waals surface area contributed by atoms with Gasteiger partial charge in [-0.1, -0.05) is 15.9 Å². The first-order valence-corrected chi connectivity index (χ1v) is 12.5. The monoisotopic (exact) mass is 468 g/mol. The van der Waals surface area contributed by atoms with Crippen LogP contribution in [0.15, 0.2) is 21.5 Å². The Morgan fingerprint density at radius 2 is 1.79 bits per heavy atom. The highest BCUT2D eigenvalue weighted by Gasteiger charge is 2.39. The fourth-order valence-electron chi connectivity index (χ4n) is 4.11. The number of fused-ring (bicyclic) bond motifs is 1. The SMILES string of the molecule is O=C(CCS(=O)(=O)c1cc(Br)cc2c1N(C(=O)C1CC1)CC2)N1CCCCC1. The number of anilines is 1. The van der Waals surface area contributed by atoms with E-state index in [1.165, 1.54) is 0 Å². The number of rotatable bonds is 5. The topological polar surface area (TPSA) is 74.8 Å². The summed E-state index contributed by atoms with van der Waals surface area (Å²) in [5.74, 6) is -0.259. The van der Waals surface area contributed by atoms with Crippen LogP contribution in [0, 0.1) is 5.92 Å². The van der Waals surface area contributed by atoms with Crippen LogP contribution < -0.4 is 4.90 Å². The molecule has 2 heterocycles. The summed E-state index contributed by atoms with van der Waals surface area (Å²) in [5.41, 5.74) is 1.41. The van der Waals surface area contributed by atoms with E-state index in [1.54, 1.807) is 15.9 Å². The molecule has 0 N–H and O–H groups in total. The van der Waals surface area contributed by atoms with Crippen molar-refractivity contribution in [2.45, 2.75) is 49.8 Å². The number of likely N-dealkylation sites (tertiary alicyclic amines) is 1. The Labute approximate surface area is 174 Å². The first-order valence-electron chi connectivity index (χ1n) is 10.0. The summed E-state index contributed by atoms with van der Waals surface area (Å²) in [4.78, 5) is 28.7. The molecule has 1 aliphatic carbocycles. The lowest BCUT2D eigenvalue weighted by molar-refractivity contribution is -0.131.